The second-order valence-electron chi connectivity index (χ2n) is 7.74. The molecule has 1 aliphatic heterocycles. The molecule has 1 aromatic rings. The topological polar surface area (TPSA) is 3.24 Å². The van der Waals surface area contributed by atoms with E-state index in [1.165, 1.54) is 33.5 Å². The first kappa shape index (κ1) is 29.5. The molecule has 0 radical (unpaired) electrons. The first-order valence-electron chi connectivity index (χ1n) is 12.3. The van der Waals surface area contributed by atoms with E-state index in [0.717, 1.165) is 24.1 Å². The Bertz CT molecular complexity index is 887. The lowest BCUT2D eigenvalue weighted by molar-refractivity contribution is 0.503. The van der Waals surface area contributed by atoms with E-state index in [1.807, 2.05) is 53.7 Å². The van der Waals surface area contributed by atoms with Gasteiger partial charge in [-0.3, -0.25) is 0 Å². The van der Waals surface area contributed by atoms with Crippen molar-refractivity contribution in [3.8, 4) is 0 Å². The highest BCUT2D eigenvalue weighted by molar-refractivity contribution is 5.88. The predicted molar refractivity (Wildman–Crippen MR) is 148 cm³/mol. The minimum absolute atomic E-state index is 0.0735. The van der Waals surface area contributed by atoms with Gasteiger partial charge in [-0.2, -0.15) is 0 Å². The van der Waals surface area contributed by atoms with E-state index in [2.05, 4.69) is 82.8 Å². The molecular formula is C31H47N. The summed E-state index contributed by atoms with van der Waals surface area (Å²) in [7, 11) is 2.15. The second-order valence-corrected chi connectivity index (χ2v) is 7.74. The Morgan fingerprint density at radius 1 is 0.938 bits per heavy atom. The van der Waals surface area contributed by atoms with Gasteiger partial charge in [0.25, 0.3) is 0 Å². The predicted octanol–water partition coefficient (Wildman–Crippen LogP) is 9.62. The highest BCUT2D eigenvalue weighted by atomic mass is 15.1. The molecule has 1 aromatic carbocycles. The van der Waals surface area contributed by atoms with Crippen LogP contribution in [-0.2, 0) is 5.41 Å². The van der Waals surface area contributed by atoms with Crippen molar-refractivity contribution in [2.75, 3.05) is 7.05 Å². The fourth-order valence-corrected chi connectivity index (χ4v) is 4.46. The van der Waals surface area contributed by atoms with Crippen molar-refractivity contribution in [3.05, 3.63) is 101 Å². The summed E-state index contributed by atoms with van der Waals surface area (Å²) >= 11 is 0. The number of rotatable bonds is 3. The number of hydrogen-bond acceptors (Lipinski definition) is 1. The highest BCUT2D eigenvalue weighted by Crippen LogP contribution is 2.52. The van der Waals surface area contributed by atoms with Crippen molar-refractivity contribution in [1.82, 2.24) is 4.90 Å². The monoisotopic (exact) mass is 433 g/mol. The largest absolute Gasteiger partial charge is 0.344 e. The summed E-state index contributed by atoms with van der Waals surface area (Å²) in [6.07, 6.45) is 7.95. The molecular weight excluding hydrogens is 386 g/mol. The summed E-state index contributed by atoms with van der Waals surface area (Å²) < 4.78 is 0. The van der Waals surface area contributed by atoms with Crippen LogP contribution in [-0.4, -0.2) is 11.9 Å². The summed E-state index contributed by atoms with van der Waals surface area (Å²) in [5.74, 6) is 0. The number of benzene rings is 1. The third kappa shape index (κ3) is 5.63. The van der Waals surface area contributed by atoms with Gasteiger partial charge in [-0.1, -0.05) is 112 Å². The maximum atomic E-state index is 4.31. The number of likely N-dealkylation sites (N-methyl/N-ethyl adjacent to an activating group) is 1. The van der Waals surface area contributed by atoms with E-state index in [0.29, 0.717) is 0 Å². The molecule has 1 nitrogen and oxygen atoms in total. The van der Waals surface area contributed by atoms with Gasteiger partial charge in [0, 0.05) is 23.9 Å². The molecule has 1 heterocycles. The van der Waals surface area contributed by atoms with Gasteiger partial charge in [0.05, 0.1) is 0 Å². The zero-order chi connectivity index (χ0) is 25.1. The fraction of sp³-hybridized carbons (Fsp3) is 0.419. The standard InChI is InChI=1S/C25H29N.3C2H6/c1-8-12-22-17(3)15-16-18(4)24(26(22)7)23-19(9-2)20-13-10-11-14-21(20)25(23,5)6;3*1-2/h8-14H,1-3,15-16H2,4-7H3;3*1-2H3/b22-12+;;;. The van der Waals surface area contributed by atoms with Crippen molar-refractivity contribution in [3.63, 3.8) is 0 Å². The van der Waals surface area contributed by atoms with Gasteiger partial charge in [-0.25, -0.2) is 0 Å². The van der Waals surface area contributed by atoms with Gasteiger partial charge in [0.15, 0.2) is 0 Å². The molecule has 176 valence electrons. The molecule has 3 rings (SSSR count). The van der Waals surface area contributed by atoms with Crippen molar-refractivity contribution in [2.24, 2.45) is 0 Å². The molecule has 0 atom stereocenters. The number of hydrogen-bond donors (Lipinski definition) is 0. The summed E-state index contributed by atoms with van der Waals surface area (Å²) in [5, 5.41) is 0. The first-order valence-corrected chi connectivity index (χ1v) is 12.3. The summed E-state index contributed by atoms with van der Waals surface area (Å²) in [4.78, 5) is 2.30. The molecule has 1 heteroatoms. The van der Waals surface area contributed by atoms with Crippen LogP contribution < -0.4 is 0 Å². The van der Waals surface area contributed by atoms with E-state index < -0.39 is 0 Å². The van der Waals surface area contributed by atoms with Crippen LogP contribution >= 0.6 is 0 Å². The average Bonchev–Trinajstić information content (AvgIpc) is 3.00. The molecule has 0 fully saturated rings. The molecule has 0 aromatic heterocycles. The van der Waals surface area contributed by atoms with Crippen LogP contribution in [0.25, 0.3) is 5.57 Å². The molecule has 1 aliphatic carbocycles. The third-order valence-electron chi connectivity index (χ3n) is 5.77. The van der Waals surface area contributed by atoms with E-state index in [4.69, 9.17) is 0 Å². The molecule has 2 aliphatic rings. The average molecular weight is 434 g/mol. The van der Waals surface area contributed by atoms with Gasteiger partial charge >= 0.3 is 0 Å². The van der Waals surface area contributed by atoms with Crippen LogP contribution in [0.15, 0.2) is 90.3 Å². The van der Waals surface area contributed by atoms with Crippen LogP contribution in [0.5, 0.6) is 0 Å². The van der Waals surface area contributed by atoms with Crippen LogP contribution in [0.1, 0.15) is 86.3 Å². The zero-order valence-electron chi connectivity index (χ0n) is 22.5. The minimum atomic E-state index is -0.0735. The summed E-state index contributed by atoms with van der Waals surface area (Å²) in [5.41, 5.74) is 10.2. The Kier molecular flexibility index (Phi) is 12.7. The molecule has 0 amide bonds. The van der Waals surface area contributed by atoms with E-state index in [1.54, 1.807) is 0 Å². The second kappa shape index (κ2) is 13.8. The zero-order valence-corrected chi connectivity index (χ0v) is 22.5. The molecule has 0 saturated heterocycles. The lowest BCUT2D eigenvalue weighted by Crippen LogP contribution is -2.27. The van der Waals surface area contributed by atoms with Gasteiger partial charge in [-0.05, 0) is 59.3 Å². The number of fused-ring (bicyclic) bond motifs is 1. The highest BCUT2D eigenvalue weighted by Gasteiger charge is 2.40. The lowest BCUT2D eigenvalue weighted by Gasteiger charge is -2.34. The molecule has 32 heavy (non-hydrogen) atoms. The van der Waals surface area contributed by atoms with Crippen LogP contribution in [0.3, 0.4) is 0 Å². The number of allylic oxidation sites excluding steroid dienone is 7. The Hall–Kier alpha value is -2.54. The SMILES string of the molecule is C=C/C=C1\C(=C)CCC(C)=C(C2=C(C=C)c3ccccc3C2(C)C)N1C.CC.CC.CC. The maximum absolute atomic E-state index is 4.31. The van der Waals surface area contributed by atoms with E-state index in [9.17, 15) is 0 Å². The molecule has 0 N–H and O–H groups in total. The molecule has 0 saturated carbocycles. The van der Waals surface area contributed by atoms with Crippen molar-refractivity contribution >= 4 is 5.57 Å². The van der Waals surface area contributed by atoms with Crippen molar-refractivity contribution < 1.29 is 0 Å². The van der Waals surface area contributed by atoms with Gasteiger partial charge in [0.2, 0.25) is 0 Å². The summed E-state index contributed by atoms with van der Waals surface area (Å²) in [6.45, 7) is 31.3. The van der Waals surface area contributed by atoms with Gasteiger partial charge in [0.1, 0.15) is 0 Å². The Morgan fingerprint density at radius 3 is 2.03 bits per heavy atom. The fourth-order valence-electron chi connectivity index (χ4n) is 4.46. The van der Waals surface area contributed by atoms with Crippen LogP contribution in [0, 0.1) is 0 Å². The minimum Gasteiger partial charge on any atom is -0.344 e. The number of nitrogens with zero attached hydrogens (tertiary/aromatic N) is 1. The van der Waals surface area contributed by atoms with Gasteiger partial charge in [-0.15, -0.1) is 0 Å². The van der Waals surface area contributed by atoms with Crippen molar-refractivity contribution in [1.29, 1.82) is 0 Å². The Labute approximate surface area is 199 Å². The summed E-state index contributed by atoms with van der Waals surface area (Å²) in [6, 6.07) is 8.71. The van der Waals surface area contributed by atoms with E-state index in [-0.39, 0.29) is 5.41 Å². The van der Waals surface area contributed by atoms with E-state index >= 15 is 0 Å². The van der Waals surface area contributed by atoms with Crippen LogP contribution in [0.4, 0.5) is 0 Å². The lowest BCUT2D eigenvalue weighted by atomic mass is 9.78. The van der Waals surface area contributed by atoms with Crippen molar-refractivity contribution in [2.45, 2.75) is 80.6 Å². The maximum Gasteiger partial charge on any atom is 0.0445 e. The molecule has 0 unspecified atom stereocenters. The molecule has 0 bridgehead atoms. The van der Waals surface area contributed by atoms with Gasteiger partial charge < -0.3 is 4.90 Å². The first-order chi connectivity index (χ1) is 15.3. The quantitative estimate of drug-likeness (QED) is 0.458. The third-order valence-corrected chi connectivity index (χ3v) is 5.77. The smallest absolute Gasteiger partial charge is 0.0445 e. The Balaban J connectivity index is 0.00000148. The molecule has 0 spiro atoms. The van der Waals surface area contributed by atoms with Crippen LogP contribution in [0.2, 0.25) is 0 Å². The normalized spacial score (nSPS) is 17.8. The Morgan fingerprint density at radius 2 is 1.50 bits per heavy atom.